The molecule has 1 aliphatic rings. The first kappa shape index (κ1) is 11.8. The number of nitrogens with two attached hydrogens (primary N) is 1. The zero-order chi connectivity index (χ0) is 12.6. The van der Waals surface area contributed by atoms with E-state index in [2.05, 4.69) is 12.2 Å². The molecule has 0 saturated heterocycles. The Labute approximate surface area is 102 Å². The van der Waals surface area contributed by atoms with Gasteiger partial charge in [-0.25, -0.2) is 0 Å². The maximum atomic E-state index is 11.8. The lowest BCUT2D eigenvalue weighted by Crippen LogP contribution is -2.22. The summed E-state index contributed by atoms with van der Waals surface area (Å²) >= 11 is 0. The maximum absolute atomic E-state index is 11.8. The summed E-state index contributed by atoms with van der Waals surface area (Å²) in [6, 6.07) is 5.38. The molecule has 17 heavy (non-hydrogen) atoms. The maximum Gasteiger partial charge on any atom is 0.253 e. The summed E-state index contributed by atoms with van der Waals surface area (Å²) in [7, 11) is 3.49. The minimum absolute atomic E-state index is 0.00556. The number of carbonyl (C=O) groups excluding carboxylic acids is 1. The number of anilines is 2. The second-order valence-corrected chi connectivity index (χ2v) is 5.19. The van der Waals surface area contributed by atoms with Gasteiger partial charge in [-0.05, 0) is 38.0 Å². The Morgan fingerprint density at radius 2 is 2.06 bits per heavy atom. The molecule has 4 heteroatoms. The SMILES string of the molecule is CN(C)C(=O)c1ccc(N)c(NC2(C)CC2)c1. The Hall–Kier alpha value is -1.71. The van der Waals surface area contributed by atoms with Crippen LogP contribution in [0.2, 0.25) is 0 Å². The van der Waals surface area contributed by atoms with Crippen LogP contribution in [-0.2, 0) is 0 Å². The number of hydrogen-bond donors (Lipinski definition) is 2. The number of carbonyl (C=O) groups is 1. The zero-order valence-corrected chi connectivity index (χ0v) is 10.6. The third-order valence-electron chi connectivity index (χ3n) is 3.14. The largest absolute Gasteiger partial charge is 0.397 e. The fourth-order valence-electron chi connectivity index (χ4n) is 1.69. The molecular formula is C13H19N3O. The van der Waals surface area contributed by atoms with Gasteiger partial charge in [-0.15, -0.1) is 0 Å². The lowest BCUT2D eigenvalue weighted by molar-refractivity contribution is 0.0827. The Bertz CT molecular complexity index is 450. The molecule has 92 valence electrons. The van der Waals surface area contributed by atoms with E-state index in [1.54, 1.807) is 31.1 Å². The Kier molecular flexibility index (Phi) is 2.73. The van der Waals surface area contributed by atoms with Gasteiger partial charge in [0.1, 0.15) is 0 Å². The van der Waals surface area contributed by atoms with Crippen LogP contribution in [0.1, 0.15) is 30.1 Å². The number of amides is 1. The summed E-state index contributed by atoms with van der Waals surface area (Å²) in [6.07, 6.45) is 2.30. The molecule has 0 unspecified atom stereocenters. The summed E-state index contributed by atoms with van der Waals surface area (Å²) in [5.74, 6) is -0.00556. The number of hydrogen-bond acceptors (Lipinski definition) is 3. The average molecular weight is 233 g/mol. The van der Waals surface area contributed by atoms with E-state index in [0.29, 0.717) is 11.3 Å². The van der Waals surface area contributed by atoms with Crippen molar-refractivity contribution in [2.75, 3.05) is 25.1 Å². The van der Waals surface area contributed by atoms with Gasteiger partial charge in [0.25, 0.3) is 5.91 Å². The highest BCUT2D eigenvalue weighted by molar-refractivity contribution is 5.96. The first-order valence-electron chi connectivity index (χ1n) is 5.81. The third kappa shape index (κ3) is 2.52. The standard InChI is InChI=1S/C13H19N3O/c1-13(6-7-13)15-11-8-9(4-5-10(11)14)12(17)16(2)3/h4-5,8,15H,6-7,14H2,1-3H3. The molecule has 0 aliphatic heterocycles. The Balaban J connectivity index is 2.26. The molecule has 2 rings (SSSR count). The zero-order valence-electron chi connectivity index (χ0n) is 10.6. The molecule has 3 N–H and O–H groups in total. The monoisotopic (exact) mass is 233 g/mol. The first-order chi connectivity index (χ1) is 7.91. The number of nitrogens with zero attached hydrogens (tertiary/aromatic N) is 1. The van der Waals surface area contributed by atoms with Gasteiger partial charge in [-0.2, -0.15) is 0 Å². The van der Waals surface area contributed by atoms with Crippen LogP contribution in [-0.4, -0.2) is 30.4 Å². The topological polar surface area (TPSA) is 58.4 Å². The van der Waals surface area contributed by atoms with Gasteiger partial charge in [-0.3, -0.25) is 4.79 Å². The van der Waals surface area contributed by atoms with Crippen LogP contribution in [0.4, 0.5) is 11.4 Å². The average Bonchev–Trinajstić information content (AvgIpc) is 2.98. The van der Waals surface area contributed by atoms with Gasteiger partial charge in [0.05, 0.1) is 11.4 Å². The van der Waals surface area contributed by atoms with Gasteiger partial charge < -0.3 is 16.0 Å². The van der Waals surface area contributed by atoms with Gasteiger partial charge in [0.15, 0.2) is 0 Å². The summed E-state index contributed by atoms with van der Waals surface area (Å²) in [5, 5.41) is 3.40. The highest BCUT2D eigenvalue weighted by Gasteiger charge is 2.37. The van der Waals surface area contributed by atoms with Gasteiger partial charge in [-0.1, -0.05) is 0 Å². The van der Waals surface area contributed by atoms with Crippen LogP contribution >= 0.6 is 0 Å². The smallest absolute Gasteiger partial charge is 0.253 e. The van der Waals surface area contributed by atoms with Gasteiger partial charge >= 0.3 is 0 Å². The van der Waals surface area contributed by atoms with Crippen molar-refractivity contribution < 1.29 is 4.79 Å². The number of nitrogens with one attached hydrogen (secondary N) is 1. The second kappa shape index (κ2) is 3.95. The molecule has 0 spiro atoms. The van der Waals surface area contributed by atoms with Crippen molar-refractivity contribution in [3.63, 3.8) is 0 Å². The molecule has 0 atom stereocenters. The van der Waals surface area contributed by atoms with Crippen LogP contribution in [0, 0.1) is 0 Å². The van der Waals surface area contributed by atoms with E-state index < -0.39 is 0 Å². The predicted molar refractivity (Wildman–Crippen MR) is 70.1 cm³/mol. The van der Waals surface area contributed by atoms with E-state index in [1.807, 2.05) is 6.07 Å². The van der Waals surface area contributed by atoms with Crippen molar-refractivity contribution >= 4 is 17.3 Å². The van der Waals surface area contributed by atoms with E-state index in [1.165, 1.54) is 0 Å². The normalized spacial score (nSPS) is 16.4. The van der Waals surface area contributed by atoms with Crippen molar-refractivity contribution in [3.05, 3.63) is 23.8 Å². The molecule has 1 aromatic carbocycles. The lowest BCUT2D eigenvalue weighted by Gasteiger charge is -2.17. The van der Waals surface area contributed by atoms with Crippen LogP contribution in [0.5, 0.6) is 0 Å². The van der Waals surface area contributed by atoms with Crippen molar-refractivity contribution in [1.29, 1.82) is 0 Å². The highest BCUT2D eigenvalue weighted by atomic mass is 16.2. The summed E-state index contributed by atoms with van der Waals surface area (Å²) in [5.41, 5.74) is 8.28. The minimum atomic E-state index is -0.00556. The minimum Gasteiger partial charge on any atom is -0.397 e. The van der Waals surface area contributed by atoms with E-state index in [9.17, 15) is 4.79 Å². The van der Waals surface area contributed by atoms with Crippen LogP contribution in [0.15, 0.2) is 18.2 Å². The molecule has 0 heterocycles. The van der Waals surface area contributed by atoms with Crippen molar-refractivity contribution in [2.24, 2.45) is 0 Å². The molecule has 0 bridgehead atoms. The first-order valence-corrected chi connectivity index (χ1v) is 5.81. The van der Waals surface area contributed by atoms with Crippen molar-refractivity contribution in [3.8, 4) is 0 Å². The van der Waals surface area contributed by atoms with E-state index in [0.717, 1.165) is 18.5 Å². The molecule has 1 fully saturated rings. The highest BCUT2D eigenvalue weighted by Crippen LogP contribution is 2.39. The van der Waals surface area contributed by atoms with E-state index >= 15 is 0 Å². The molecule has 4 nitrogen and oxygen atoms in total. The Morgan fingerprint density at radius 3 is 2.59 bits per heavy atom. The molecule has 1 amide bonds. The lowest BCUT2D eigenvalue weighted by atomic mass is 10.1. The van der Waals surface area contributed by atoms with E-state index in [4.69, 9.17) is 5.73 Å². The Morgan fingerprint density at radius 1 is 1.41 bits per heavy atom. The fourth-order valence-corrected chi connectivity index (χ4v) is 1.69. The van der Waals surface area contributed by atoms with E-state index in [-0.39, 0.29) is 11.4 Å². The van der Waals surface area contributed by atoms with Gasteiger partial charge in [0, 0.05) is 25.2 Å². The molecule has 0 radical (unpaired) electrons. The third-order valence-corrected chi connectivity index (χ3v) is 3.14. The predicted octanol–water partition coefficient (Wildman–Crippen LogP) is 1.93. The number of nitrogen functional groups attached to an aromatic ring is 1. The van der Waals surface area contributed by atoms with Crippen molar-refractivity contribution in [1.82, 2.24) is 4.90 Å². The molecule has 0 aromatic heterocycles. The van der Waals surface area contributed by atoms with Crippen LogP contribution in [0.25, 0.3) is 0 Å². The second-order valence-electron chi connectivity index (χ2n) is 5.19. The molecular weight excluding hydrogens is 214 g/mol. The van der Waals surface area contributed by atoms with Crippen molar-refractivity contribution in [2.45, 2.75) is 25.3 Å². The molecule has 1 saturated carbocycles. The quantitative estimate of drug-likeness (QED) is 0.784. The summed E-state index contributed by atoms with van der Waals surface area (Å²) in [6.45, 7) is 2.16. The van der Waals surface area contributed by atoms with Gasteiger partial charge in [0.2, 0.25) is 0 Å². The fraction of sp³-hybridized carbons (Fsp3) is 0.462. The molecule has 1 aromatic rings. The number of benzene rings is 1. The van der Waals surface area contributed by atoms with Crippen LogP contribution < -0.4 is 11.1 Å². The summed E-state index contributed by atoms with van der Waals surface area (Å²) in [4.78, 5) is 13.4. The summed E-state index contributed by atoms with van der Waals surface area (Å²) < 4.78 is 0. The van der Waals surface area contributed by atoms with Crippen LogP contribution in [0.3, 0.4) is 0 Å². The molecule has 1 aliphatic carbocycles. The number of rotatable bonds is 3.